The summed E-state index contributed by atoms with van der Waals surface area (Å²) < 4.78 is 14.6. The summed E-state index contributed by atoms with van der Waals surface area (Å²) in [5.41, 5.74) is 2.24. The van der Waals surface area contributed by atoms with Gasteiger partial charge in [-0.2, -0.15) is 5.10 Å². The van der Waals surface area contributed by atoms with Gasteiger partial charge in [-0.25, -0.2) is 14.1 Å². The predicted molar refractivity (Wildman–Crippen MR) is 92.2 cm³/mol. The normalized spacial score (nSPS) is 18.8. The third-order valence-electron chi connectivity index (χ3n) is 4.31. The zero-order valence-corrected chi connectivity index (χ0v) is 13.8. The van der Waals surface area contributed by atoms with E-state index in [9.17, 15) is 9.18 Å². The molecule has 1 N–H and O–H groups in total. The van der Waals surface area contributed by atoms with Crippen molar-refractivity contribution in [3.05, 3.63) is 71.5 Å². The lowest BCUT2D eigenvalue weighted by molar-refractivity contribution is -0.117. The Labute approximate surface area is 148 Å². The van der Waals surface area contributed by atoms with E-state index in [2.05, 4.69) is 15.4 Å². The second-order valence-corrected chi connectivity index (χ2v) is 6.43. The number of carbonyl (C=O) groups excluding carboxylic acids is 1. The van der Waals surface area contributed by atoms with Crippen molar-refractivity contribution >= 4 is 23.2 Å². The third kappa shape index (κ3) is 3.25. The second kappa shape index (κ2) is 6.29. The van der Waals surface area contributed by atoms with Gasteiger partial charge in [0.05, 0.1) is 11.4 Å². The van der Waals surface area contributed by atoms with Gasteiger partial charge in [-0.05, 0) is 48.2 Å². The Morgan fingerprint density at radius 1 is 1.24 bits per heavy atom. The number of halogens is 2. The third-order valence-corrected chi connectivity index (χ3v) is 4.54. The Kier molecular flexibility index (Phi) is 3.97. The largest absolute Gasteiger partial charge is 0.324 e. The Morgan fingerprint density at radius 3 is 2.76 bits per heavy atom. The fraction of sp³-hybridized carbons (Fsp3) is 0.167. The molecule has 1 heterocycles. The van der Waals surface area contributed by atoms with E-state index < -0.39 is 0 Å². The Hall–Kier alpha value is -2.73. The van der Waals surface area contributed by atoms with Crippen LogP contribution in [-0.2, 0) is 4.79 Å². The molecule has 0 radical (unpaired) electrons. The Bertz CT molecular complexity index is 911. The molecule has 1 aromatic heterocycles. The lowest BCUT2D eigenvalue weighted by atomic mass is 10.1. The minimum absolute atomic E-state index is 0.0852. The second-order valence-electron chi connectivity index (χ2n) is 5.99. The topological polar surface area (TPSA) is 59.8 Å². The Morgan fingerprint density at radius 2 is 2.04 bits per heavy atom. The summed E-state index contributed by atoms with van der Waals surface area (Å²) in [6, 6.07) is 11.5. The maximum absolute atomic E-state index is 13.0. The average Bonchev–Trinajstić information content (AvgIpc) is 3.22. The molecule has 2 aromatic carbocycles. The molecule has 2 unspecified atom stereocenters. The van der Waals surface area contributed by atoms with Crippen LogP contribution in [0, 0.1) is 11.7 Å². The van der Waals surface area contributed by atoms with Crippen LogP contribution in [0.2, 0.25) is 5.02 Å². The van der Waals surface area contributed by atoms with Crippen LogP contribution in [0.5, 0.6) is 0 Å². The van der Waals surface area contributed by atoms with Gasteiger partial charge in [0, 0.05) is 10.9 Å². The molecule has 4 rings (SSSR count). The fourth-order valence-corrected chi connectivity index (χ4v) is 3.10. The first-order valence-electron chi connectivity index (χ1n) is 7.83. The first-order valence-corrected chi connectivity index (χ1v) is 8.20. The van der Waals surface area contributed by atoms with E-state index in [4.69, 9.17) is 11.6 Å². The monoisotopic (exact) mass is 356 g/mol. The van der Waals surface area contributed by atoms with Crippen LogP contribution in [0.3, 0.4) is 0 Å². The summed E-state index contributed by atoms with van der Waals surface area (Å²) in [6.07, 6.45) is 3.72. The number of hydrogen-bond acceptors (Lipinski definition) is 3. The summed E-state index contributed by atoms with van der Waals surface area (Å²) in [5.74, 6) is -0.373. The molecule has 0 bridgehead atoms. The molecule has 0 spiro atoms. The van der Waals surface area contributed by atoms with Crippen molar-refractivity contribution in [3.8, 4) is 5.69 Å². The molecule has 126 valence electrons. The summed E-state index contributed by atoms with van der Waals surface area (Å²) in [6.45, 7) is 0. The quantitative estimate of drug-likeness (QED) is 0.773. The number of carbonyl (C=O) groups is 1. The lowest BCUT2D eigenvalue weighted by Gasteiger charge is -2.11. The molecule has 0 aliphatic heterocycles. The van der Waals surface area contributed by atoms with Crippen LogP contribution in [0.1, 0.15) is 17.9 Å². The van der Waals surface area contributed by atoms with E-state index in [0.717, 1.165) is 12.0 Å². The van der Waals surface area contributed by atoms with Crippen LogP contribution >= 0.6 is 11.6 Å². The predicted octanol–water partition coefficient (Wildman–Crippen LogP) is 3.80. The minimum Gasteiger partial charge on any atom is -0.324 e. The maximum Gasteiger partial charge on any atom is 0.228 e. The SMILES string of the molecule is O=C(Nc1cc(Cl)ccc1-n1cncn1)C1CC1c1ccc(F)cc1. The number of aromatic nitrogens is 3. The average molecular weight is 357 g/mol. The molecule has 5 nitrogen and oxygen atoms in total. The van der Waals surface area contributed by atoms with Gasteiger partial charge in [-0.1, -0.05) is 23.7 Å². The number of hydrogen-bond donors (Lipinski definition) is 1. The highest BCUT2D eigenvalue weighted by molar-refractivity contribution is 6.31. The molecule has 1 aliphatic rings. The molecule has 1 amide bonds. The van der Waals surface area contributed by atoms with Crippen molar-refractivity contribution in [1.29, 1.82) is 0 Å². The van der Waals surface area contributed by atoms with Crippen LogP contribution in [0.25, 0.3) is 5.69 Å². The van der Waals surface area contributed by atoms with Crippen molar-refractivity contribution in [2.24, 2.45) is 5.92 Å². The van der Waals surface area contributed by atoms with Gasteiger partial charge in [0.2, 0.25) is 5.91 Å². The molecule has 25 heavy (non-hydrogen) atoms. The number of nitrogens with one attached hydrogen (secondary N) is 1. The highest BCUT2D eigenvalue weighted by atomic mass is 35.5. The first kappa shape index (κ1) is 15.8. The summed E-state index contributed by atoms with van der Waals surface area (Å²) in [7, 11) is 0. The van der Waals surface area contributed by atoms with Gasteiger partial charge in [-0.15, -0.1) is 0 Å². The van der Waals surface area contributed by atoms with Gasteiger partial charge in [0.25, 0.3) is 0 Å². The maximum atomic E-state index is 13.0. The standard InChI is InChI=1S/C18H14ClFN4O/c19-12-3-6-17(24-10-21-9-22-24)16(7-12)23-18(25)15-8-14(15)11-1-4-13(20)5-2-11/h1-7,9-10,14-15H,8H2,(H,23,25). The van der Waals surface area contributed by atoms with Crippen LogP contribution in [0.4, 0.5) is 10.1 Å². The number of anilines is 1. The zero-order chi connectivity index (χ0) is 17.4. The molecule has 3 aromatic rings. The molecular formula is C18H14ClFN4O. The number of nitrogens with zero attached hydrogens (tertiary/aromatic N) is 3. The van der Waals surface area contributed by atoms with Gasteiger partial charge in [-0.3, -0.25) is 4.79 Å². The van der Waals surface area contributed by atoms with Crippen molar-refractivity contribution in [1.82, 2.24) is 14.8 Å². The van der Waals surface area contributed by atoms with E-state index in [0.29, 0.717) is 16.4 Å². The Balaban J connectivity index is 1.52. The van der Waals surface area contributed by atoms with Crippen LogP contribution in [0.15, 0.2) is 55.1 Å². The minimum atomic E-state index is -0.276. The molecule has 2 atom stereocenters. The van der Waals surface area contributed by atoms with Crippen LogP contribution < -0.4 is 5.32 Å². The fourth-order valence-electron chi connectivity index (χ4n) is 2.93. The highest BCUT2D eigenvalue weighted by Gasteiger charge is 2.44. The summed E-state index contributed by atoms with van der Waals surface area (Å²) in [4.78, 5) is 16.5. The van der Waals surface area contributed by atoms with Gasteiger partial charge in [0.1, 0.15) is 18.5 Å². The van der Waals surface area contributed by atoms with Crippen molar-refractivity contribution in [2.45, 2.75) is 12.3 Å². The van der Waals surface area contributed by atoms with E-state index >= 15 is 0 Å². The van der Waals surface area contributed by atoms with Crippen LogP contribution in [-0.4, -0.2) is 20.7 Å². The smallest absolute Gasteiger partial charge is 0.228 e. The molecule has 7 heteroatoms. The summed E-state index contributed by atoms with van der Waals surface area (Å²) >= 11 is 6.06. The van der Waals surface area contributed by atoms with Crippen molar-refractivity contribution < 1.29 is 9.18 Å². The summed E-state index contributed by atoms with van der Waals surface area (Å²) in [5, 5.41) is 7.54. The molecule has 1 fully saturated rings. The van der Waals surface area contributed by atoms with Gasteiger partial charge in [0.15, 0.2) is 0 Å². The van der Waals surface area contributed by atoms with Crippen molar-refractivity contribution in [3.63, 3.8) is 0 Å². The first-order chi connectivity index (χ1) is 12.1. The molecule has 1 saturated carbocycles. The van der Waals surface area contributed by atoms with E-state index in [1.807, 2.05) is 0 Å². The number of rotatable bonds is 4. The molecule has 0 saturated heterocycles. The van der Waals surface area contributed by atoms with E-state index in [1.54, 1.807) is 41.3 Å². The van der Waals surface area contributed by atoms with Crippen molar-refractivity contribution in [2.75, 3.05) is 5.32 Å². The molecular weight excluding hydrogens is 343 g/mol. The highest BCUT2D eigenvalue weighted by Crippen LogP contribution is 2.48. The zero-order valence-electron chi connectivity index (χ0n) is 13.1. The number of benzene rings is 2. The van der Waals surface area contributed by atoms with E-state index in [-0.39, 0.29) is 23.6 Å². The van der Waals surface area contributed by atoms with E-state index in [1.165, 1.54) is 18.5 Å². The van der Waals surface area contributed by atoms with Gasteiger partial charge < -0.3 is 5.32 Å². The lowest BCUT2D eigenvalue weighted by Crippen LogP contribution is -2.16. The number of amides is 1. The molecule has 1 aliphatic carbocycles. The van der Waals surface area contributed by atoms with Gasteiger partial charge >= 0.3 is 0 Å².